The number of ether oxygens (including phenoxy) is 1. The van der Waals surface area contributed by atoms with Gasteiger partial charge < -0.3 is 14.7 Å². The van der Waals surface area contributed by atoms with Crippen molar-refractivity contribution >= 4 is 18.0 Å². The molecule has 2 fully saturated rings. The monoisotopic (exact) mass is 360 g/mol. The zero-order valence-corrected chi connectivity index (χ0v) is 14.7. The largest absolute Gasteiger partial charge is 0.480 e. The predicted molar refractivity (Wildman–Crippen MR) is 93.3 cm³/mol. The van der Waals surface area contributed by atoms with E-state index in [9.17, 15) is 19.5 Å². The molecular formula is C19H24N2O5. The van der Waals surface area contributed by atoms with Crippen LogP contribution in [-0.4, -0.2) is 58.6 Å². The number of nitrogens with zero attached hydrogens (tertiary/aromatic N) is 2. The molecule has 1 N–H and O–H groups in total. The Bertz CT molecular complexity index is 657. The molecule has 0 bridgehead atoms. The van der Waals surface area contributed by atoms with Crippen LogP contribution in [-0.2, 0) is 20.9 Å². The van der Waals surface area contributed by atoms with Crippen LogP contribution in [0, 0.1) is 5.92 Å². The molecule has 7 heteroatoms. The molecule has 2 aliphatic rings. The Balaban J connectivity index is 1.69. The van der Waals surface area contributed by atoms with Crippen molar-refractivity contribution in [2.24, 2.45) is 5.92 Å². The molecule has 0 radical (unpaired) electrons. The molecule has 0 aromatic heterocycles. The zero-order chi connectivity index (χ0) is 18.5. The van der Waals surface area contributed by atoms with Gasteiger partial charge in [0.15, 0.2) is 0 Å². The molecule has 2 atom stereocenters. The molecule has 2 aliphatic heterocycles. The molecule has 140 valence electrons. The highest BCUT2D eigenvalue weighted by molar-refractivity contribution is 5.89. The Morgan fingerprint density at radius 2 is 1.73 bits per heavy atom. The molecule has 2 unspecified atom stereocenters. The van der Waals surface area contributed by atoms with Crippen LogP contribution < -0.4 is 0 Å². The maximum atomic E-state index is 12.7. The number of carbonyl (C=O) groups excluding carboxylic acids is 2. The first-order valence-corrected chi connectivity index (χ1v) is 9.07. The van der Waals surface area contributed by atoms with Crippen molar-refractivity contribution < 1.29 is 24.2 Å². The highest BCUT2D eigenvalue weighted by atomic mass is 16.6. The van der Waals surface area contributed by atoms with Gasteiger partial charge in [0.05, 0.1) is 5.92 Å². The Hall–Kier alpha value is -2.57. The summed E-state index contributed by atoms with van der Waals surface area (Å²) in [5.74, 6) is -2.02. The molecule has 0 spiro atoms. The summed E-state index contributed by atoms with van der Waals surface area (Å²) in [6.45, 7) is 1.70. The number of rotatable bonds is 4. The molecule has 3 rings (SSSR count). The zero-order valence-electron chi connectivity index (χ0n) is 14.7. The number of piperidine rings is 1. The maximum Gasteiger partial charge on any atom is 0.410 e. The van der Waals surface area contributed by atoms with E-state index >= 15 is 0 Å². The molecule has 0 aliphatic carbocycles. The number of aliphatic carboxylic acids is 1. The summed E-state index contributed by atoms with van der Waals surface area (Å²) in [5.41, 5.74) is 0.828. The second kappa shape index (κ2) is 8.21. The minimum absolute atomic E-state index is 0.0766. The van der Waals surface area contributed by atoms with Gasteiger partial charge in [-0.1, -0.05) is 30.3 Å². The van der Waals surface area contributed by atoms with Gasteiger partial charge in [-0.15, -0.1) is 0 Å². The number of carboxylic acids is 1. The molecule has 1 aromatic carbocycles. The molecule has 7 nitrogen and oxygen atoms in total. The predicted octanol–water partition coefficient (Wildman–Crippen LogP) is 2.11. The molecule has 1 aromatic rings. The van der Waals surface area contributed by atoms with Crippen LogP contribution in [0.2, 0.25) is 0 Å². The minimum Gasteiger partial charge on any atom is -0.480 e. The van der Waals surface area contributed by atoms with Crippen molar-refractivity contribution in [3.05, 3.63) is 35.9 Å². The summed E-state index contributed by atoms with van der Waals surface area (Å²) in [6.07, 6.45) is 2.28. The molecule has 26 heavy (non-hydrogen) atoms. The first-order valence-electron chi connectivity index (χ1n) is 9.07. The smallest absolute Gasteiger partial charge is 0.410 e. The quantitative estimate of drug-likeness (QED) is 0.889. The van der Waals surface area contributed by atoms with E-state index in [0.29, 0.717) is 25.9 Å². The van der Waals surface area contributed by atoms with Crippen molar-refractivity contribution in [3.8, 4) is 0 Å². The third-order valence-corrected chi connectivity index (χ3v) is 5.06. The van der Waals surface area contributed by atoms with Gasteiger partial charge in [-0.05, 0) is 31.2 Å². The van der Waals surface area contributed by atoms with Gasteiger partial charge in [0, 0.05) is 19.6 Å². The average Bonchev–Trinajstić information content (AvgIpc) is 3.20. The summed E-state index contributed by atoms with van der Waals surface area (Å²) >= 11 is 0. The first-order chi connectivity index (χ1) is 12.6. The summed E-state index contributed by atoms with van der Waals surface area (Å²) in [6, 6.07) is 8.05. The number of amides is 2. The topological polar surface area (TPSA) is 87.2 Å². The number of likely N-dealkylation sites (tertiary alicyclic amines) is 2. The number of carboxylic acid groups (broad SMARTS) is 1. The Kier molecular flexibility index (Phi) is 5.75. The molecule has 2 saturated heterocycles. The average molecular weight is 360 g/mol. The Morgan fingerprint density at radius 3 is 2.38 bits per heavy atom. The van der Waals surface area contributed by atoms with Crippen molar-refractivity contribution in [2.75, 3.05) is 19.6 Å². The van der Waals surface area contributed by atoms with Crippen LogP contribution in [0.3, 0.4) is 0 Å². The van der Waals surface area contributed by atoms with Crippen LogP contribution in [0.4, 0.5) is 4.79 Å². The van der Waals surface area contributed by atoms with Crippen molar-refractivity contribution in [1.82, 2.24) is 9.80 Å². The summed E-state index contributed by atoms with van der Waals surface area (Å²) in [7, 11) is 0. The normalized spacial score (nSPS) is 22.9. The Labute approximate surface area is 152 Å². The second-order valence-electron chi connectivity index (χ2n) is 6.80. The lowest BCUT2D eigenvalue weighted by atomic mass is 9.88. The molecule has 2 amide bonds. The van der Waals surface area contributed by atoms with Crippen molar-refractivity contribution in [2.45, 2.75) is 38.3 Å². The fraction of sp³-hybridized carbons (Fsp3) is 0.526. The number of benzene rings is 1. The lowest BCUT2D eigenvalue weighted by Crippen LogP contribution is -2.56. The summed E-state index contributed by atoms with van der Waals surface area (Å²) in [5, 5.41) is 9.68. The lowest BCUT2D eigenvalue weighted by Gasteiger charge is -2.38. The first kappa shape index (κ1) is 18.2. The van der Waals surface area contributed by atoms with Gasteiger partial charge in [0.1, 0.15) is 12.6 Å². The van der Waals surface area contributed by atoms with Gasteiger partial charge in [0.2, 0.25) is 5.91 Å². The number of carbonyl (C=O) groups is 3. The van der Waals surface area contributed by atoms with E-state index in [1.165, 1.54) is 4.90 Å². The van der Waals surface area contributed by atoms with E-state index in [0.717, 1.165) is 18.4 Å². The summed E-state index contributed by atoms with van der Waals surface area (Å²) < 4.78 is 5.30. The fourth-order valence-electron chi connectivity index (χ4n) is 3.74. The highest BCUT2D eigenvalue weighted by Crippen LogP contribution is 2.28. The third kappa shape index (κ3) is 3.98. The number of hydrogen-bond donors (Lipinski definition) is 1. The van der Waals surface area contributed by atoms with Crippen molar-refractivity contribution in [1.29, 1.82) is 0 Å². The van der Waals surface area contributed by atoms with Crippen LogP contribution in [0.25, 0.3) is 0 Å². The van der Waals surface area contributed by atoms with E-state index < -0.39 is 24.0 Å². The van der Waals surface area contributed by atoms with Gasteiger partial charge in [0.25, 0.3) is 0 Å². The van der Waals surface area contributed by atoms with Gasteiger partial charge in [-0.2, -0.15) is 0 Å². The van der Waals surface area contributed by atoms with Gasteiger partial charge >= 0.3 is 12.1 Å². The standard InChI is InChI=1S/C19H24N2O5/c22-17(20-10-4-5-11-20)15-9-6-12-21(16(15)18(23)24)19(25)26-13-14-7-2-1-3-8-14/h1-3,7-8,15-16H,4-6,9-13H2,(H,23,24). The highest BCUT2D eigenvalue weighted by Gasteiger charge is 2.45. The second-order valence-corrected chi connectivity index (χ2v) is 6.80. The maximum absolute atomic E-state index is 12.7. The minimum atomic E-state index is -1.17. The van der Waals surface area contributed by atoms with E-state index in [-0.39, 0.29) is 19.1 Å². The molecule has 0 saturated carbocycles. The van der Waals surface area contributed by atoms with Crippen LogP contribution in [0.15, 0.2) is 30.3 Å². The third-order valence-electron chi connectivity index (χ3n) is 5.06. The van der Waals surface area contributed by atoms with Gasteiger partial charge in [-0.25, -0.2) is 9.59 Å². The summed E-state index contributed by atoms with van der Waals surface area (Å²) in [4.78, 5) is 40.0. The Morgan fingerprint density at radius 1 is 1.04 bits per heavy atom. The van der Waals surface area contributed by atoms with E-state index in [1.54, 1.807) is 4.90 Å². The number of hydrogen-bond acceptors (Lipinski definition) is 4. The van der Waals surface area contributed by atoms with Crippen LogP contribution in [0.1, 0.15) is 31.2 Å². The van der Waals surface area contributed by atoms with Crippen LogP contribution in [0.5, 0.6) is 0 Å². The van der Waals surface area contributed by atoms with E-state index in [1.807, 2.05) is 30.3 Å². The fourth-order valence-corrected chi connectivity index (χ4v) is 3.74. The lowest BCUT2D eigenvalue weighted by molar-refractivity contribution is -0.153. The van der Waals surface area contributed by atoms with Crippen LogP contribution >= 0.6 is 0 Å². The van der Waals surface area contributed by atoms with E-state index in [2.05, 4.69) is 0 Å². The van der Waals surface area contributed by atoms with Gasteiger partial charge in [-0.3, -0.25) is 9.69 Å². The molecular weight excluding hydrogens is 336 g/mol. The SMILES string of the molecule is O=C(O)C1C(C(=O)N2CCCC2)CCCN1C(=O)OCc1ccccc1. The van der Waals surface area contributed by atoms with Crippen molar-refractivity contribution in [3.63, 3.8) is 0 Å². The molecule has 2 heterocycles. The van der Waals surface area contributed by atoms with E-state index in [4.69, 9.17) is 4.74 Å².